The van der Waals surface area contributed by atoms with E-state index in [0.717, 1.165) is 64.4 Å². The number of amides is 2. The normalized spacial score (nSPS) is 16.8. The molecule has 7 rings (SSSR count). The van der Waals surface area contributed by atoms with E-state index >= 15 is 0 Å². The molecule has 0 aliphatic carbocycles. The Labute approximate surface area is 220 Å². The van der Waals surface area contributed by atoms with Gasteiger partial charge in [-0.25, -0.2) is 0 Å². The molecule has 5 aromatic rings. The number of hydrogen-bond acceptors (Lipinski definition) is 2. The number of hydrogen-bond donors (Lipinski definition) is 0. The van der Waals surface area contributed by atoms with Gasteiger partial charge in [-0.05, 0) is 30.5 Å². The summed E-state index contributed by atoms with van der Waals surface area (Å²) in [5.74, 6) is -0.471. The van der Waals surface area contributed by atoms with Crippen molar-refractivity contribution in [2.45, 2.75) is 32.5 Å². The van der Waals surface area contributed by atoms with Gasteiger partial charge in [0.25, 0.3) is 11.8 Å². The van der Waals surface area contributed by atoms with Crippen molar-refractivity contribution < 1.29 is 9.59 Å². The molecule has 2 aliphatic heterocycles. The second-order valence-corrected chi connectivity index (χ2v) is 9.99. The van der Waals surface area contributed by atoms with Gasteiger partial charge in [0.15, 0.2) is 0 Å². The lowest BCUT2D eigenvalue weighted by atomic mass is 9.95. The Morgan fingerprint density at radius 2 is 1.05 bits per heavy atom. The molecule has 186 valence electrons. The zero-order chi connectivity index (χ0) is 25.6. The molecule has 2 amide bonds. The minimum atomic E-state index is -0.236. The van der Waals surface area contributed by atoms with E-state index < -0.39 is 0 Å². The van der Waals surface area contributed by atoms with E-state index in [-0.39, 0.29) is 18.4 Å². The molecule has 0 unspecified atom stereocenters. The third-order valence-electron chi connectivity index (χ3n) is 7.71. The number of allylic oxidation sites excluding steroid dienone is 2. The first-order valence-electron chi connectivity index (χ1n) is 13.2. The maximum Gasteiger partial charge on any atom is 0.262 e. The van der Waals surface area contributed by atoms with Crippen LogP contribution in [0.2, 0.25) is 0 Å². The standard InChI is InChI=1S/C33H27N3O2/c37-32-30-26-21-34(28-16-8-6-14-24(26)28)18-10-1-2-11-19-35-22-27(25-15-7-9-17-29(25)35)31(30)33(38)36(32)20-23-12-4-3-5-13-23/h1-9,12-17,21-22H,10-11,18-20H2/b2-1+. The summed E-state index contributed by atoms with van der Waals surface area (Å²) in [7, 11) is 0. The van der Waals surface area contributed by atoms with Crippen LogP contribution >= 0.6 is 0 Å². The van der Waals surface area contributed by atoms with Crippen molar-refractivity contribution in [2.24, 2.45) is 0 Å². The Kier molecular flexibility index (Phi) is 5.36. The molecule has 0 saturated carbocycles. The molecule has 0 radical (unpaired) electrons. The molecule has 5 nitrogen and oxygen atoms in total. The zero-order valence-electron chi connectivity index (χ0n) is 21.0. The third-order valence-corrected chi connectivity index (χ3v) is 7.71. The van der Waals surface area contributed by atoms with E-state index in [1.807, 2.05) is 54.6 Å². The minimum Gasteiger partial charge on any atom is -0.347 e. The first-order chi connectivity index (χ1) is 18.7. The summed E-state index contributed by atoms with van der Waals surface area (Å²) in [5, 5.41) is 1.98. The second kappa shape index (κ2) is 9.03. The van der Waals surface area contributed by atoms with Crippen molar-refractivity contribution >= 4 is 44.8 Å². The van der Waals surface area contributed by atoms with Gasteiger partial charge in [0.2, 0.25) is 0 Å². The number of aryl methyl sites for hydroxylation is 2. The highest BCUT2D eigenvalue weighted by Gasteiger charge is 2.41. The number of rotatable bonds is 2. The molecule has 3 aromatic carbocycles. The molecule has 4 heterocycles. The number of benzene rings is 3. The van der Waals surface area contributed by atoms with Crippen LogP contribution in [0.4, 0.5) is 0 Å². The molecule has 0 saturated heterocycles. The Morgan fingerprint density at radius 3 is 1.58 bits per heavy atom. The lowest BCUT2D eigenvalue weighted by Crippen LogP contribution is -2.30. The molecule has 4 bridgehead atoms. The van der Waals surface area contributed by atoms with Gasteiger partial charge in [-0.15, -0.1) is 0 Å². The summed E-state index contributed by atoms with van der Waals surface area (Å²) in [6, 6.07) is 26.1. The molecule has 38 heavy (non-hydrogen) atoms. The van der Waals surface area contributed by atoms with Gasteiger partial charge in [-0.2, -0.15) is 0 Å². The van der Waals surface area contributed by atoms with Crippen LogP contribution in [0, 0.1) is 0 Å². The van der Waals surface area contributed by atoms with Gasteiger partial charge in [0.1, 0.15) is 0 Å². The van der Waals surface area contributed by atoms with E-state index in [4.69, 9.17) is 0 Å². The van der Waals surface area contributed by atoms with Crippen LogP contribution in [0.25, 0.3) is 33.0 Å². The van der Waals surface area contributed by atoms with Crippen LogP contribution in [0.5, 0.6) is 0 Å². The lowest BCUT2D eigenvalue weighted by molar-refractivity contribution is -0.136. The molecular formula is C33H27N3O2. The summed E-state index contributed by atoms with van der Waals surface area (Å²) >= 11 is 0. The highest BCUT2D eigenvalue weighted by molar-refractivity contribution is 6.50. The average molecular weight is 498 g/mol. The van der Waals surface area contributed by atoms with Crippen LogP contribution in [-0.4, -0.2) is 25.8 Å². The summed E-state index contributed by atoms with van der Waals surface area (Å²) in [5.41, 5.74) is 5.71. The number of para-hydroxylation sites is 2. The number of carbonyl (C=O) groups is 2. The van der Waals surface area contributed by atoms with Crippen molar-refractivity contribution in [1.29, 1.82) is 0 Å². The summed E-state index contributed by atoms with van der Waals surface area (Å²) in [6.45, 7) is 1.86. The predicted molar refractivity (Wildman–Crippen MR) is 151 cm³/mol. The molecule has 2 aromatic heterocycles. The fourth-order valence-electron chi connectivity index (χ4n) is 5.91. The van der Waals surface area contributed by atoms with Gasteiger partial charge in [-0.3, -0.25) is 14.5 Å². The smallest absolute Gasteiger partial charge is 0.262 e. The zero-order valence-corrected chi connectivity index (χ0v) is 21.0. The van der Waals surface area contributed by atoms with Crippen molar-refractivity contribution in [1.82, 2.24) is 14.0 Å². The quantitative estimate of drug-likeness (QED) is 0.209. The minimum absolute atomic E-state index is 0.236. The number of carbonyl (C=O) groups excluding carboxylic acids is 2. The van der Waals surface area contributed by atoms with Crippen molar-refractivity contribution in [3.05, 3.63) is 120 Å². The third kappa shape index (κ3) is 3.54. The van der Waals surface area contributed by atoms with E-state index in [9.17, 15) is 9.59 Å². The maximum absolute atomic E-state index is 14.2. The Balaban J connectivity index is 1.51. The molecule has 0 spiro atoms. The van der Waals surface area contributed by atoms with E-state index in [2.05, 4.69) is 57.9 Å². The topological polar surface area (TPSA) is 47.2 Å². The molecule has 0 fully saturated rings. The molecule has 5 heteroatoms. The number of nitrogens with zero attached hydrogens (tertiary/aromatic N) is 3. The largest absolute Gasteiger partial charge is 0.347 e. The number of fused-ring (bicyclic) bond motifs is 12. The van der Waals surface area contributed by atoms with E-state index in [0.29, 0.717) is 11.1 Å². The maximum atomic E-state index is 14.2. The number of imide groups is 1. The predicted octanol–water partition coefficient (Wildman–Crippen LogP) is 6.43. The van der Waals surface area contributed by atoms with Gasteiger partial charge >= 0.3 is 0 Å². The molecule has 0 N–H and O–H groups in total. The number of aromatic nitrogens is 2. The van der Waals surface area contributed by atoms with Gasteiger partial charge in [-0.1, -0.05) is 78.9 Å². The van der Waals surface area contributed by atoms with Crippen molar-refractivity contribution in [2.75, 3.05) is 0 Å². The van der Waals surface area contributed by atoms with Crippen LogP contribution in [-0.2, 0) is 29.2 Å². The summed E-state index contributed by atoms with van der Waals surface area (Å²) in [6.07, 6.45) is 10.4. The van der Waals surface area contributed by atoms with Gasteiger partial charge in [0.05, 0.1) is 17.7 Å². The Morgan fingerprint density at radius 1 is 0.579 bits per heavy atom. The highest BCUT2D eigenvalue weighted by atomic mass is 16.2. The summed E-state index contributed by atoms with van der Waals surface area (Å²) in [4.78, 5) is 29.8. The highest BCUT2D eigenvalue weighted by Crippen LogP contribution is 2.42. The van der Waals surface area contributed by atoms with Crippen LogP contribution in [0.1, 0.15) is 29.5 Å². The molecule has 0 atom stereocenters. The molecule has 2 aliphatic rings. The van der Waals surface area contributed by atoms with Crippen LogP contribution in [0.3, 0.4) is 0 Å². The SMILES string of the molecule is O=C1C2=C(C(=O)N1Cc1ccccc1)c1cn(c3ccccc13)CC/C=C/CCn1cc2c2ccccc21. The fourth-order valence-corrected chi connectivity index (χ4v) is 5.91. The monoisotopic (exact) mass is 497 g/mol. The fraction of sp³-hybridized carbons (Fsp3) is 0.152. The van der Waals surface area contributed by atoms with E-state index in [1.165, 1.54) is 4.90 Å². The van der Waals surface area contributed by atoms with Gasteiger partial charge < -0.3 is 9.13 Å². The van der Waals surface area contributed by atoms with E-state index in [1.54, 1.807) is 0 Å². The first kappa shape index (κ1) is 22.5. The van der Waals surface area contributed by atoms with Crippen LogP contribution < -0.4 is 0 Å². The summed E-state index contributed by atoms with van der Waals surface area (Å²) < 4.78 is 4.43. The van der Waals surface area contributed by atoms with Crippen LogP contribution in [0.15, 0.2) is 103 Å². The Hall–Kier alpha value is -4.64. The second-order valence-electron chi connectivity index (χ2n) is 9.99. The Bertz CT molecular complexity index is 1680. The van der Waals surface area contributed by atoms with Gasteiger partial charge in [0, 0.05) is 58.4 Å². The average Bonchev–Trinajstić information content (AvgIpc) is 3.57. The lowest BCUT2D eigenvalue weighted by Gasteiger charge is -2.15. The van der Waals surface area contributed by atoms with Crippen molar-refractivity contribution in [3.8, 4) is 0 Å². The first-order valence-corrected chi connectivity index (χ1v) is 13.2. The van der Waals surface area contributed by atoms with Crippen molar-refractivity contribution in [3.63, 3.8) is 0 Å². The molecular weight excluding hydrogens is 470 g/mol.